The molecule has 0 saturated carbocycles. The van der Waals surface area contributed by atoms with E-state index in [4.69, 9.17) is 48.6 Å². The number of nitrogens with two attached hydrogens (primary N) is 1. The normalized spacial score (nSPS) is 22.5. The molecule has 12 aliphatic rings. The van der Waals surface area contributed by atoms with Crippen LogP contribution < -0.4 is 16.4 Å². The maximum absolute atomic E-state index is 12.5. The fraction of sp³-hybridized carbons (Fsp3) is 0.625. The molecule has 2 aromatic carbocycles. The molecule has 16 heterocycles. The van der Waals surface area contributed by atoms with Crippen LogP contribution in [0.3, 0.4) is 0 Å². The Hall–Kier alpha value is -9.06. The van der Waals surface area contributed by atoms with Crippen LogP contribution in [-0.4, -0.2) is 262 Å². The SMILES string of the molecule is CC1(CCC2CCN(Cc3ccccc3)C2=O)OCCO1.CC1(CCC2CCNC2=O)OCCO1.CC1(CCI)OCCO1.CCN1CCC(CCC(C)=O)C1=O.CCN1CCC(CCC2(C)OCCO2)C1=O.CCN1CCC(CCc2ccc3c(n2)NCCC3)C1=O.CCN1CCC(CCc2ccc3cccnc3n2)C1=O.Nc1ncccc1C=O.O=C1CCCN1Cc1ccccc1. The summed E-state index contributed by atoms with van der Waals surface area (Å²) in [5.41, 5.74) is 12.4. The van der Waals surface area contributed by atoms with E-state index in [0.717, 1.165) is 272 Å². The number of nitrogens with zero attached hydrogens (tertiary/aromatic N) is 10. The minimum absolute atomic E-state index is 0.115. The third-order valence-electron chi connectivity index (χ3n) is 27.1. The Bertz CT molecular complexity index is 4690. The van der Waals surface area contributed by atoms with Crippen molar-refractivity contribution in [2.24, 2.45) is 35.5 Å². The Morgan fingerprint density at radius 1 is 0.444 bits per heavy atom. The number of aromatic nitrogens is 4. The van der Waals surface area contributed by atoms with Gasteiger partial charge in [0, 0.05) is 199 Å². The zero-order chi connectivity index (χ0) is 96.6. The Kier molecular flexibility index (Phi) is 44.4. The highest BCUT2D eigenvalue weighted by molar-refractivity contribution is 14.1. The van der Waals surface area contributed by atoms with Crippen LogP contribution in [0.4, 0.5) is 11.6 Å². The molecule has 18 rings (SSSR count). The quantitative estimate of drug-likeness (QED) is 0.0223. The highest BCUT2D eigenvalue weighted by Gasteiger charge is 2.41. The molecule has 0 bridgehead atoms. The molecule has 7 amide bonds. The Balaban J connectivity index is 0.000000159. The van der Waals surface area contributed by atoms with Crippen molar-refractivity contribution in [3.63, 3.8) is 0 Å². The number of pyridine rings is 4. The number of benzene rings is 2. The average Bonchev–Trinajstić information content (AvgIpc) is 1.64. The summed E-state index contributed by atoms with van der Waals surface area (Å²) in [4.78, 5) is 132. The Morgan fingerprint density at radius 3 is 1.29 bits per heavy atom. The van der Waals surface area contributed by atoms with Crippen LogP contribution in [0.15, 0.2) is 122 Å². The molecule has 4 N–H and O–H groups in total. The molecule has 0 spiro atoms. The van der Waals surface area contributed by atoms with Gasteiger partial charge >= 0.3 is 0 Å². The van der Waals surface area contributed by atoms with Crippen molar-refractivity contribution in [3.8, 4) is 0 Å². The fourth-order valence-electron chi connectivity index (χ4n) is 18.6. The first-order valence-electron chi connectivity index (χ1n) is 49.5. The number of ether oxygens (including phenoxy) is 8. The molecule has 6 aromatic rings. The summed E-state index contributed by atoms with van der Waals surface area (Å²) >= 11 is 2.33. The van der Waals surface area contributed by atoms with E-state index in [1.165, 1.54) is 23.1 Å². The number of carbonyl (C=O) groups excluding carboxylic acids is 9. The van der Waals surface area contributed by atoms with E-state index in [-0.39, 0.29) is 70.6 Å². The second kappa shape index (κ2) is 55.5. The minimum Gasteiger partial charge on any atom is -0.383 e. The van der Waals surface area contributed by atoms with Gasteiger partial charge in [0.25, 0.3) is 0 Å². The van der Waals surface area contributed by atoms with E-state index in [1.807, 2.05) is 132 Å². The molecule has 6 atom stereocenters. The third kappa shape index (κ3) is 34.5. The van der Waals surface area contributed by atoms with Crippen molar-refractivity contribution in [3.05, 3.63) is 155 Å². The topological polar surface area (TPSA) is 349 Å². The van der Waals surface area contributed by atoms with Gasteiger partial charge in [0.15, 0.2) is 35.1 Å². The number of rotatable bonds is 29. The summed E-state index contributed by atoms with van der Waals surface area (Å²) < 4.78 is 45.1. The number of likely N-dealkylation sites (tertiary alicyclic amines) is 6. The summed E-state index contributed by atoms with van der Waals surface area (Å²) in [5.74, 6) is 2.83. The van der Waals surface area contributed by atoms with E-state index >= 15 is 0 Å². The number of Topliss-reactive ketones (excluding diaryl/α,β-unsaturated/α-hetero) is 1. The zero-order valence-corrected chi connectivity index (χ0v) is 83.6. The second-order valence-corrected chi connectivity index (χ2v) is 38.1. The summed E-state index contributed by atoms with van der Waals surface area (Å²) in [6, 6.07) is 35.9. The molecule has 6 unspecified atom stereocenters. The molecule has 11 saturated heterocycles. The highest BCUT2D eigenvalue weighted by atomic mass is 127. The van der Waals surface area contributed by atoms with Gasteiger partial charge in [-0.2, -0.15) is 0 Å². The number of fused-ring (bicyclic) bond motifs is 2. The van der Waals surface area contributed by atoms with E-state index in [2.05, 4.69) is 97.6 Å². The Morgan fingerprint density at radius 2 is 0.867 bits per heavy atom. The highest BCUT2D eigenvalue weighted by Crippen LogP contribution is 2.35. The van der Waals surface area contributed by atoms with Gasteiger partial charge in [-0.1, -0.05) is 89.3 Å². The molecule has 0 aliphatic carbocycles. The number of amides is 7. The monoisotopic (exact) mass is 1980 g/mol. The number of alkyl halides is 1. The van der Waals surface area contributed by atoms with Crippen molar-refractivity contribution in [2.45, 2.75) is 246 Å². The molecule has 0 radical (unpaired) electrons. The molecular formula is C104H150IN13O17. The van der Waals surface area contributed by atoms with E-state index in [9.17, 15) is 43.2 Å². The van der Waals surface area contributed by atoms with Crippen LogP contribution in [0.25, 0.3) is 11.0 Å². The van der Waals surface area contributed by atoms with Gasteiger partial charge in [-0.25, -0.2) is 19.9 Å². The number of halogens is 1. The van der Waals surface area contributed by atoms with Crippen molar-refractivity contribution in [1.29, 1.82) is 0 Å². The lowest BCUT2D eigenvalue weighted by atomic mass is 9.98. The minimum atomic E-state index is -0.479. The van der Waals surface area contributed by atoms with Crippen molar-refractivity contribution < 1.29 is 81.0 Å². The number of nitrogens with one attached hydrogen (secondary N) is 2. The van der Waals surface area contributed by atoms with Crippen LogP contribution in [0.2, 0.25) is 0 Å². The van der Waals surface area contributed by atoms with Gasteiger partial charge < -0.3 is 88.5 Å². The molecule has 30 nitrogen and oxygen atoms in total. The van der Waals surface area contributed by atoms with Gasteiger partial charge in [-0.05, 0) is 231 Å². The van der Waals surface area contributed by atoms with E-state index in [1.54, 1.807) is 31.5 Å². The van der Waals surface area contributed by atoms with Gasteiger partial charge in [-0.3, -0.25) is 38.4 Å². The number of hydrogen-bond donors (Lipinski definition) is 3. The van der Waals surface area contributed by atoms with Crippen molar-refractivity contribution >= 4 is 98.7 Å². The lowest BCUT2D eigenvalue weighted by Gasteiger charge is -2.23. The summed E-state index contributed by atoms with van der Waals surface area (Å²) in [7, 11) is 0. The molecule has 4 aromatic heterocycles. The van der Waals surface area contributed by atoms with Crippen LogP contribution in [0.5, 0.6) is 0 Å². The maximum atomic E-state index is 12.5. The van der Waals surface area contributed by atoms with Gasteiger partial charge in [0.2, 0.25) is 41.4 Å². The summed E-state index contributed by atoms with van der Waals surface area (Å²) in [6.45, 7) is 35.2. The number of aryl methyl sites for hydroxylation is 3. The summed E-state index contributed by atoms with van der Waals surface area (Å²) in [5, 5.41) is 7.27. The predicted molar refractivity (Wildman–Crippen MR) is 527 cm³/mol. The lowest BCUT2D eigenvalue weighted by Crippen LogP contribution is -2.29. The molecule has 11 fully saturated rings. The van der Waals surface area contributed by atoms with Crippen LogP contribution >= 0.6 is 22.6 Å². The lowest BCUT2D eigenvalue weighted by molar-refractivity contribution is -0.151. The number of ketones is 1. The van der Waals surface area contributed by atoms with Crippen LogP contribution in [0.1, 0.15) is 229 Å². The first-order valence-corrected chi connectivity index (χ1v) is 51.0. The second-order valence-electron chi connectivity index (χ2n) is 37.0. The standard InChI is InChI=1S/C17H23NO3.C16H23N3O.C16H19N3O.C12H21NO3.C11H13NO.C10H17NO3.C10H17NO2.C6H11IO2.C6H6N2O/c1-17(20-11-12-21-17)9-7-15-8-10-18(16(15)19)13-14-5-3-2-4-6-14;2*1-2-19-11-9-13(16(19)20)6-8-14-7-5-12-4-3-10-17-15(12)18-14;1-3-13-7-5-10(11(13)14)4-6-12(2)15-8-9-16-12;13-11-7-4-8-12(11)9-10-5-2-1-3-6-10;1-10(13-6-7-14-10)4-2-8-3-5-11-9(8)12;1-3-11-7-6-9(10(11)13)5-4-8(2)12;1-6(2-3-7)8-4-5-9-6;7-6-5(4-9)2-1-3-8-6/h2-6,15H,7-13H2,1H3;5,7,13H,2-4,6,8-11H2,1H3,(H,17,18);3-5,7,10,13H,2,6,8-9,11H2,1H3;10H,3-9H2,1-2H3;1-3,5-6H,4,7-9H2;8H,2-7H2,1H3,(H,11,12);9H,3-7H2,1-2H3;2-5H2,1H3;1-4H,(H2,7,8). The van der Waals surface area contributed by atoms with Gasteiger partial charge in [-0.15, -0.1) is 0 Å². The number of hydrogen-bond acceptors (Lipinski definition) is 23. The first kappa shape index (κ1) is 108. The average molecular weight is 1980 g/mol. The van der Waals surface area contributed by atoms with Crippen LogP contribution in [-0.2, 0) is 109 Å². The Labute approximate surface area is 813 Å². The molecule has 12 aliphatic heterocycles. The smallest absolute Gasteiger partial charge is 0.226 e. The molecular weight excluding hydrogens is 1830 g/mol. The number of nitrogen functional groups attached to an aromatic ring is 1. The van der Waals surface area contributed by atoms with Crippen LogP contribution in [0, 0.1) is 35.5 Å². The van der Waals surface area contributed by atoms with Crippen molar-refractivity contribution in [1.82, 2.24) is 54.7 Å². The predicted octanol–water partition coefficient (Wildman–Crippen LogP) is 14.4. The largest absolute Gasteiger partial charge is 0.383 e. The number of aldehydes is 1. The van der Waals surface area contributed by atoms with Gasteiger partial charge in [0.05, 0.1) is 58.4 Å². The van der Waals surface area contributed by atoms with Gasteiger partial charge in [0.1, 0.15) is 17.4 Å². The van der Waals surface area contributed by atoms with Crippen molar-refractivity contribution in [2.75, 3.05) is 147 Å². The first-order chi connectivity index (χ1) is 65.2. The maximum Gasteiger partial charge on any atom is 0.226 e. The fourth-order valence-corrected chi connectivity index (χ4v) is 19.6. The molecule has 740 valence electrons. The number of carbonyl (C=O) groups is 9. The van der Waals surface area contributed by atoms with E-state index in [0.29, 0.717) is 81.5 Å². The summed E-state index contributed by atoms with van der Waals surface area (Å²) in [6.07, 6.45) is 24.7. The third-order valence-corrected chi connectivity index (χ3v) is 27.7. The number of anilines is 2. The molecule has 31 heteroatoms. The molecule has 135 heavy (non-hydrogen) atoms. The zero-order valence-electron chi connectivity index (χ0n) is 81.5. The van der Waals surface area contributed by atoms with E-state index < -0.39 is 17.4 Å².